The highest BCUT2D eigenvalue weighted by molar-refractivity contribution is 7.99. The molecule has 4 nitrogen and oxygen atoms in total. The van der Waals surface area contributed by atoms with Crippen LogP contribution >= 0.6 is 11.8 Å². The van der Waals surface area contributed by atoms with Gasteiger partial charge in [-0.25, -0.2) is 0 Å². The second-order valence-electron chi connectivity index (χ2n) is 4.70. The van der Waals surface area contributed by atoms with Crippen LogP contribution in [0.2, 0.25) is 0 Å². The molecule has 0 bridgehead atoms. The average molecular weight is 309 g/mol. The molecule has 2 N–H and O–H groups in total. The number of carbonyl (C=O) groups excluding carboxylic acids is 1. The van der Waals surface area contributed by atoms with E-state index in [0.717, 1.165) is 26.4 Å². The van der Waals surface area contributed by atoms with Crippen molar-refractivity contribution in [1.29, 1.82) is 0 Å². The number of rotatable bonds is 4. The number of H-pyrrole nitrogens is 1. The third-order valence-electron chi connectivity index (χ3n) is 3.34. The number of hydrogen-bond acceptors (Lipinski definition) is 3. The second-order valence-corrected chi connectivity index (χ2v) is 5.81. The van der Waals surface area contributed by atoms with Crippen molar-refractivity contribution in [2.75, 3.05) is 7.05 Å². The van der Waals surface area contributed by atoms with Crippen LogP contribution in [0.4, 0.5) is 0 Å². The summed E-state index contributed by atoms with van der Waals surface area (Å²) in [5, 5.41) is 10.9. The van der Waals surface area contributed by atoms with E-state index in [2.05, 4.69) is 22.1 Å². The van der Waals surface area contributed by atoms with Crippen molar-refractivity contribution >= 4 is 34.6 Å². The first-order chi connectivity index (χ1) is 10.7. The molecule has 3 aromatic rings. The van der Waals surface area contributed by atoms with Crippen molar-refractivity contribution in [3.05, 3.63) is 60.3 Å². The summed E-state index contributed by atoms with van der Waals surface area (Å²) < 4.78 is 0. The zero-order valence-corrected chi connectivity index (χ0v) is 12.9. The average Bonchev–Trinajstić information content (AvgIpc) is 2.97. The van der Waals surface area contributed by atoms with Gasteiger partial charge >= 0.3 is 0 Å². The number of aromatic amines is 1. The Bertz CT molecular complexity index is 854. The van der Waals surface area contributed by atoms with Gasteiger partial charge in [0.15, 0.2) is 0 Å². The van der Waals surface area contributed by atoms with Gasteiger partial charge in [0.2, 0.25) is 0 Å². The SMILES string of the molecule is C=Cc1n[nH]c2cc(Sc3ccccc3C(=O)NC)ccc12. The predicted molar refractivity (Wildman–Crippen MR) is 90.1 cm³/mol. The number of benzene rings is 2. The maximum atomic E-state index is 11.9. The molecule has 1 aromatic heterocycles. The summed E-state index contributed by atoms with van der Waals surface area (Å²) in [6, 6.07) is 13.6. The van der Waals surface area contributed by atoms with Crippen LogP contribution in [0.3, 0.4) is 0 Å². The Morgan fingerprint density at radius 1 is 1.32 bits per heavy atom. The van der Waals surface area contributed by atoms with Crippen molar-refractivity contribution in [2.24, 2.45) is 0 Å². The number of fused-ring (bicyclic) bond motifs is 1. The van der Waals surface area contributed by atoms with E-state index in [4.69, 9.17) is 0 Å². The van der Waals surface area contributed by atoms with Gasteiger partial charge in [-0.2, -0.15) is 5.10 Å². The Kier molecular flexibility index (Phi) is 3.98. The normalized spacial score (nSPS) is 10.6. The number of nitrogens with zero attached hydrogens (tertiary/aromatic N) is 1. The zero-order valence-electron chi connectivity index (χ0n) is 12.1. The molecule has 0 fully saturated rings. The van der Waals surface area contributed by atoms with Crippen LogP contribution in [0.1, 0.15) is 16.1 Å². The van der Waals surface area contributed by atoms with Crippen molar-refractivity contribution in [3.63, 3.8) is 0 Å². The first kappa shape index (κ1) is 14.4. The van der Waals surface area contributed by atoms with Gasteiger partial charge in [0.1, 0.15) is 0 Å². The van der Waals surface area contributed by atoms with Crippen LogP contribution in [0, 0.1) is 0 Å². The Labute approximate surface area is 132 Å². The van der Waals surface area contributed by atoms with E-state index in [1.54, 1.807) is 24.9 Å². The quantitative estimate of drug-likeness (QED) is 0.772. The largest absolute Gasteiger partial charge is 0.355 e. The summed E-state index contributed by atoms with van der Waals surface area (Å²) in [7, 11) is 1.64. The molecule has 2 aromatic carbocycles. The van der Waals surface area contributed by atoms with E-state index in [1.165, 1.54) is 0 Å². The van der Waals surface area contributed by atoms with Gasteiger partial charge in [-0.1, -0.05) is 30.5 Å². The van der Waals surface area contributed by atoms with Crippen molar-refractivity contribution in [1.82, 2.24) is 15.5 Å². The highest BCUT2D eigenvalue weighted by Gasteiger charge is 2.11. The van der Waals surface area contributed by atoms with E-state index in [-0.39, 0.29) is 5.91 Å². The van der Waals surface area contributed by atoms with Gasteiger partial charge in [-0.15, -0.1) is 0 Å². The summed E-state index contributed by atoms with van der Waals surface area (Å²) >= 11 is 1.56. The topological polar surface area (TPSA) is 57.8 Å². The van der Waals surface area contributed by atoms with Gasteiger partial charge in [0.05, 0.1) is 16.8 Å². The van der Waals surface area contributed by atoms with Gasteiger partial charge in [0, 0.05) is 22.2 Å². The van der Waals surface area contributed by atoms with Crippen LogP contribution in [0.25, 0.3) is 17.0 Å². The number of hydrogen-bond donors (Lipinski definition) is 2. The van der Waals surface area contributed by atoms with Crippen LogP contribution in [-0.4, -0.2) is 23.2 Å². The lowest BCUT2D eigenvalue weighted by Gasteiger charge is -2.08. The third kappa shape index (κ3) is 2.63. The minimum absolute atomic E-state index is 0.0836. The number of nitrogens with one attached hydrogen (secondary N) is 2. The summed E-state index contributed by atoms with van der Waals surface area (Å²) in [4.78, 5) is 13.9. The summed E-state index contributed by atoms with van der Waals surface area (Å²) in [5.41, 5.74) is 2.47. The maximum Gasteiger partial charge on any atom is 0.252 e. The molecular weight excluding hydrogens is 294 g/mol. The smallest absolute Gasteiger partial charge is 0.252 e. The van der Waals surface area contributed by atoms with Crippen LogP contribution in [0.5, 0.6) is 0 Å². The highest BCUT2D eigenvalue weighted by Crippen LogP contribution is 2.32. The predicted octanol–water partition coefficient (Wildman–Crippen LogP) is 3.72. The first-order valence-corrected chi connectivity index (χ1v) is 7.64. The molecule has 22 heavy (non-hydrogen) atoms. The second kappa shape index (κ2) is 6.07. The summed E-state index contributed by atoms with van der Waals surface area (Å²) in [6.45, 7) is 3.75. The zero-order chi connectivity index (χ0) is 15.5. The molecule has 0 aliphatic heterocycles. The molecule has 0 spiro atoms. The van der Waals surface area contributed by atoms with Gasteiger partial charge in [-0.05, 0) is 36.4 Å². The fraction of sp³-hybridized carbons (Fsp3) is 0.0588. The standard InChI is InChI=1S/C17H15N3OS/c1-3-14-12-9-8-11(10-15(12)20-19-14)22-16-7-5-4-6-13(16)17(21)18-2/h3-10H,1H2,2H3,(H,18,21)(H,19,20). The van der Waals surface area contributed by atoms with E-state index >= 15 is 0 Å². The lowest BCUT2D eigenvalue weighted by molar-refractivity contribution is 0.0960. The molecule has 5 heteroatoms. The Balaban J connectivity index is 1.97. The Morgan fingerprint density at radius 2 is 2.14 bits per heavy atom. The lowest BCUT2D eigenvalue weighted by Crippen LogP contribution is -2.18. The van der Waals surface area contributed by atoms with E-state index in [9.17, 15) is 4.79 Å². The molecule has 0 saturated heterocycles. The summed E-state index contributed by atoms with van der Waals surface area (Å²) in [6.07, 6.45) is 1.73. The van der Waals surface area contributed by atoms with Crippen LogP contribution in [0.15, 0.2) is 58.8 Å². The molecular formula is C17H15N3OS. The van der Waals surface area contributed by atoms with Gasteiger partial charge in [-0.3, -0.25) is 9.89 Å². The molecule has 1 amide bonds. The molecule has 0 saturated carbocycles. The van der Waals surface area contributed by atoms with E-state index in [1.807, 2.05) is 42.5 Å². The van der Waals surface area contributed by atoms with Crippen molar-refractivity contribution in [3.8, 4) is 0 Å². The molecule has 110 valence electrons. The Hall–Kier alpha value is -2.53. The van der Waals surface area contributed by atoms with Gasteiger partial charge < -0.3 is 5.32 Å². The monoisotopic (exact) mass is 309 g/mol. The minimum atomic E-state index is -0.0836. The van der Waals surface area contributed by atoms with E-state index in [0.29, 0.717) is 5.56 Å². The maximum absolute atomic E-state index is 11.9. The molecule has 0 radical (unpaired) electrons. The third-order valence-corrected chi connectivity index (χ3v) is 4.41. The van der Waals surface area contributed by atoms with E-state index < -0.39 is 0 Å². The molecule has 0 unspecified atom stereocenters. The summed E-state index contributed by atoms with van der Waals surface area (Å²) in [5.74, 6) is -0.0836. The molecule has 3 rings (SSSR count). The first-order valence-electron chi connectivity index (χ1n) is 6.82. The molecule has 0 aliphatic carbocycles. The molecule has 0 aliphatic rings. The number of amides is 1. The van der Waals surface area contributed by atoms with Crippen LogP contribution < -0.4 is 5.32 Å². The fourth-order valence-electron chi connectivity index (χ4n) is 2.24. The molecule has 1 heterocycles. The molecule has 0 atom stereocenters. The number of carbonyl (C=O) groups is 1. The Morgan fingerprint density at radius 3 is 2.91 bits per heavy atom. The highest BCUT2D eigenvalue weighted by atomic mass is 32.2. The van der Waals surface area contributed by atoms with Gasteiger partial charge in [0.25, 0.3) is 5.91 Å². The van der Waals surface area contributed by atoms with Crippen molar-refractivity contribution in [2.45, 2.75) is 9.79 Å². The minimum Gasteiger partial charge on any atom is -0.355 e. The number of aromatic nitrogens is 2. The van der Waals surface area contributed by atoms with Crippen LogP contribution in [-0.2, 0) is 0 Å². The lowest BCUT2D eigenvalue weighted by atomic mass is 10.2. The van der Waals surface area contributed by atoms with Crippen molar-refractivity contribution < 1.29 is 4.79 Å². The fourth-order valence-corrected chi connectivity index (χ4v) is 3.23.